The quantitative estimate of drug-likeness (QED) is 0.833. The van der Waals surface area contributed by atoms with E-state index in [1.807, 2.05) is 20.2 Å². The lowest BCUT2D eigenvalue weighted by atomic mass is 10.2. The Bertz CT molecular complexity index is 595. The zero-order valence-corrected chi connectivity index (χ0v) is 11.2. The van der Waals surface area contributed by atoms with E-state index in [-0.39, 0.29) is 5.75 Å². The van der Waals surface area contributed by atoms with E-state index in [4.69, 9.17) is 10.5 Å². The maximum atomic E-state index is 13.6. The van der Waals surface area contributed by atoms with Crippen molar-refractivity contribution in [3.8, 4) is 5.75 Å². The largest absolute Gasteiger partial charge is 0.491 e. The second kappa shape index (κ2) is 5.17. The molecule has 0 atom stereocenters. The molecule has 0 bridgehead atoms. The van der Waals surface area contributed by atoms with Crippen LogP contribution in [0.5, 0.6) is 5.75 Å². The van der Waals surface area contributed by atoms with Crippen molar-refractivity contribution in [2.75, 3.05) is 17.7 Å². The highest BCUT2D eigenvalue weighted by atomic mass is 19.1. The normalized spacial score (nSPS) is 10.5. The molecule has 0 radical (unpaired) electrons. The van der Waals surface area contributed by atoms with Gasteiger partial charge in [-0.3, -0.25) is 4.68 Å². The zero-order valence-electron chi connectivity index (χ0n) is 11.2. The third-order valence-electron chi connectivity index (χ3n) is 2.69. The molecule has 2 rings (SSSR count). The van der Waals surface area contributed by atoms with Crippen molar-refractivity contribution in [1.29, 1.82) is 0 Å². The molecule has 0 unspecified atom stereocenters. The lowest BCUT2D eigenvalue weighted by Gasteiger charge is -2.12. The standard InChI is InChI=1S/C13H17FN4O/c1-4-19-13-6-11(10(15)5-9(13)14)16-12-7-18(3)17-8(12)2/h5-7,16H,4,15H2,1-3H3. The third kappa shape index (κ3) is 2.78. The number of aromatic nitrogens is 2. The average molecular weight is 264 g/mol. The summed E-state index contributed by atoms with van der Waals surface area (Å²) in [6, 6.07) is 2.81. The molecular formula is C13H17FN4O. The van der Waals surface area contributed by atoms with Crippen LogP contribution in [-0.2, 0) is 7.05 Å². The first-order valence-electron chi connectivity index (χ1n) is 6.00. The Morgan fingerprint density at radius 3 is 2.74 bits per heavy atom. The van der Waals surface area contributed by atoms with Crippen molar-refractivity contribution in [3.63, 3.8) is 0 Å². The molecule has 0 aliphatic rings. The number of rotatable bonds is 4. The number of nitrogens with two attached hydrogens (primary N) is 1. The lowest BCUT2D eigenvalue weighted by molar-refractivity contribution is 0.322. The molecule has 2 aromatic rings. The van der Waals surface area contributed by atoms with E-state index in [0.717, 1.165) is 11.4 Å². The van der Waals surface area contributed by atoms with Crippen LogP contribution in [0.2, 0.25) is 0 Å². The summed E-state index contributed by atoms with van der Waals surface area (Å²) in [5.74, 6) is -0.284. The number of aryl methyl sites for hydroxylation is 2. The number of nitrogens with zero attached hydrogens (tertiary/aromatic N) is 2. The molecule has 0 saturated heterocycles. The van der Waals surface area contributed by atoms with E-state index in [0.29, 0.717) is 18.0 Å². The van der Waals surface area contributed by atoms with Crippen LogP contribution < -0.4 is 15.8 Å². The van der Waals surface area contributed by atoms with Crippen molar-refractivity contribution < 1.29 is 9.13 Å². The molecule has 1 aromatic heterocycles. The lowest BCUT2D eigenvalue weighted by Crippen LogP contribution is -2.01. The minimum atomic E-state index is -0.465. The van der Waals surface area contributed by atoms with Crippen molar-refractivity contribution in [3.05, 3.63) is 29.8 Å². The van der Waals surface area contributed by atoms with E-state index in [9.17, 15) is 4.39 Å². The highest BCUT2D eigenvalue weighted by Gasteiger charge is 2.11. The summed E-state index contributed by atoms with van der Waals surface area (Å²) in [6.07, 6.45) is 1.83. The van der Waals surface area contributed by atoms with Gasteiger partial charge in [-0.1, -0.05) is 0 Å². The van der Waals surface area contributed by atoms with E-state index < -0.39 is 5.82 Å². The van der Waals surface area contributed by atoms with Crippen LogP contribution in [-0.4, -0.2) is 16.4 Å². The molecule has 0 saturated carbocycles. The van der Waals surface area contributed by atoms with Crippen LogP contribution in [0.4, 0.5) is 21.5 Å². The number of halogens is 1. The summed E-state index contributed by atoms with van der Waals surface area (Å²) >= 11 is 0. The van der Waals surface area contributed by atoms with Gasteiger partial charge in [0.15, 0.2) is 11.6 Å². The minimum Gasteiger partial charge on any atom is -0.491 e. The minimum absolute atomic E-state index is 0.181. The summed E-state index contributed by atoms with van der Waals surface area (Å²) in [7, 11) is 1.83. The summed E-state index contributed by atoms with van der Waals surface area (Å²) in [5.41, 5.74) is 8.39. The smallest absolute Gasteiger partial charge is 0.167 e. The van der Waals surface area contributed by atoms with Crippen LogP contribution in [0.15, 0.2) is 18.3 Å². The van der Waals surface area contributed by atoms with E-state index >= 15 is 0 Å². The molecule has 5 nitrogen and oxygen atoms in total. The van der Waals surface area contributed by atoms with Crippen LogP contribution in [0.3, 0.4) is 0 Å². The molecular weight excluding hydrogens is 247 g/mol. The van der Waals surface area contributed by atoms with Gasteiger partial charge in [-0.2, -0.15) is 5.10 Å². The monoisotopic (exact) mass is 264 g/mol. The predicted molar refractivity (Wildman–Crippen MR) is 73.2 cm³/mol. The summed E-state index contributed by atoms with van der Waals surface area (Å²) in [4.78, 5) is 0. The number of nitrogens with one attached hydrogen (secondary N) is 1. The molecule has 1 heterocycles. The summed E-state index contributed by atoms with van der Waals surface area (Å²) < 4.78 is 20.5. The van der Waals surface area contributed by atoms with Crippen molar-refractivity contribution in [1.82, 2.24) is 9.78 Å². The van der Waals surface area contributed by atoms with Gasteiger partial charge in [0.2, 0.25) is 0 Å². The Balaban J connectivity index is 2.34. The van der Waals surface area contributed by atoms with Gasteiger partial charge in [0.1, 0.15) is 0 Å². The van der Waals surface area contributed by atoms with Crippen LogP contribution >= 0.6 is 0 Å². The maximum absolute atomic E-state index is 13.6. The number of hydrogen-bond acceptors (Lipinski definition) is 4. The molecule has 6 heteroatoms. The van der Waals surface area contributed by atoms with Gasteiger partial charge in [-0.25, -0.2) is 4.39 Å². The van der Waals surface area contributed by atoms with Gasteiger partial charge >= 0.3 is 0 Å². The first-order valence-corrected chi connectivity index (χ1v) is 6.00. The molecule has 0 spiro atoms. The van der Waals surface area contributed by atoms with E-state index in [1.165, 1.54) is 6.07 Å². The fourth-order valence-electron chi connectivity index (χ4n) is 1.81. The van der Waals surface area contributed by atoms with Crippen LogP contribution in [0.25, 0.3) is 0 Å². The molecule has 3 N–H and O–H groups in total. The van der Waals surface area contributed by atoms with E-state index in [2.05, 4.69) is 10.4 Å². The molecule has 19 heavy (non-hydrogen) atoms. The first-order chi connectivity index (χ1) is 9.01. The zero-order chi connectivity index (χ0) is 14.0. The van der Waals surface area contributed by atoms with E-state index in [1.54, 1.807) is 17.7 Å². The second-order valence-corrected chi connectivity index (χ2v) is 4.23. The van der Waals surface area contributed by atoms with Gasteiger partial charge in [0.05, 0.1) is 29.4 Å². The van der Waals surface area contributed by atoms with Gasteiger partial charge < -0.3 is 15.8 Å². The highest BCUT2D eigenvalue weighted by Crippen LogP contribution is 2.31. The number of anilines is 3. The van der Waals surface area contributed by atoms with Crippen molar-refractivity contribution in [2.45, 2.75) is 13.8 Å². The Labute approximate surface area is 111 Å². The third-order valence-corrected chi connectivity index (χ3v) is 2.69. The van der Waals surface area contributed by atoms with Gasteiger partial charge in [-0.05, 0) is 13.8 Å². The summed E-state index contributed by atoms with van der Waals surface area (Å²) in [5, 5.41) is 7.35. The average Bonchev–Trinajstić information content (AvgIpc) is 2.64. The second-order valence-electron chi connectivity index (χ2n) is 4.23. The van der Waals surface area contributed by atoms with Crippen LogP contribution in [0, 0.1) is 12.7 Å². The molecule has 1 aromatic carbocycles. The van der Waals surface area contributed by atoms with Crippen LogP contribution in [0.1, 0.15) is 12.6 Å². The first kappa shape index (κ1) is 13.2. The maximum Gasteiger partial charge on any atom is 0.167 e. The van der Waals surface area contributed by atoms with Gasteiger partial charge in [0, 0.05) is 25.4 Å². The van der Waals surface area contributed by atoms with Gasteiger partial charge in [0.25, 0.3) is 0 Å². The fraction of sp³-hybridized carbons (Fsp3) is 0.308. The number of hydrogen-bond donors (Lipinski definition) is 2. The fourth-order valence-corrected chi connectivity index (χ4v) is 1.81. The Morgan fingerprint density at radius 1 is 1.42 bits per heavy atom. The Morgan fingerprint density at radius 2 is 2.16 bits per heavy atom. The molecule has 102 valence electrons. The number of benzene rings is 1. The predicted octanol–water partition coefficient (Wildman–Crippen LogP) is 2.59. The van der Waals surface area contributed by atoms with Crippen molar-refractivity contribution >= 4 is 17.1 Å². The number of ether oxygens (including phenoxy) is 1. The highest BCUT2D eigenvalue weighted by molar-refractivity contribution is 5.74. The molecule has 0 aliphatic heterocycles. The molecule has 0 fully saturated rings. The Hall–Kier alpha value is -2.24. The molecule has 0 amide bonds. The molecule has 0 aliphatic carbocycles. The Kier molecular flexibility index (Phi) is 3.59. The topological polar surface area (TPSA) is 65.1 Å². The SMILES string of the molecule is CCOc1cc(Nc2cn(C)nc2C)c(N)cc1F. The van der Waals surface area contributed by atoms with Crippen molar-refractivity contribution in [2.24, 2.45) is 7.05 Å². The number of nitrogen functional groups attached to an aromatic ring is 1. The summed E-state index contributed by atoms with van der Waals surface area (Å²) in [6.45, 7) is 4.08. The van der Waals surface area contributed by atoms with Gasteiger partial charge in [-0.15, -0.1) is 0 Å².